The fraction of sp³-hybridized carbons (Fsp3) is 0.400. The quantitative estimate of drug-likeness (QED) is 0.343. The number of nitrogens with zero attached hydrogens (tertiary/aromatic N) is 1. The molecule has 3 aromatic rings. The summed E-state index contributed by atoms with van der Waals surface area (Å²) in [7, 11) is 1.49. The fourth-order valence-electron chi connectivity index (χ4n) is 3.27. The summed E-state index contributed by atoms with van der Waals surface area (Å²) < 4.78 is 13.6. The van der Waals surface area contributed by atoms with E-state index in [2.05, 4.69) is 94.1 Å². The van der Waals surface area contributed by atoms with Gasteiger partial charge in [-0.25, -0.2) is 0 Å². The van der Waals surface area contributed by atoms with Gasteiger partial charge in [0.25, 0.3) is 8.32 Å². The van der Waals surface area contributed by atoms with Crippen molar-refractivity contribution in [3.8, 4) is 16.9 Å². The number of methoxy groups -OCH3 is 1. The molecule has 0 amide bonds. The Morgan fingerprint density at radius 2 is 1.80 bits per heavy atom. The maximum Gasteiger partial charge on any atom is 0.305 e. The minimum atomic E-state index is -2.00. The lowest BCUT2D eigenvalue weighted by Gasteiger charge is -2.37. The van der Waals surface area contributed by atoms with Crippen molar-refractivity contribution in [2.24, 2.45) is 7.05 Å². The summed E-state index contributed by atoms with van der Waals surface area (Å²) in [5.41, 5.74) is 4.51. The maximum atomic E-state index is 11.6. The lowest BCUT2D eigenvalue weighted by molar-refractivity contribution is -0.140. The van der Waals surface area contributed by atoms with E-state index in [0.29, 0.717) is 12.8 Å². The van der Waals surface area contributed by atoms with E-state index in [1.165, 1.54) is 18.0 Å². The molecule has 0 spiro atoms. The fourth-order valence-corrected chi connectivity index (χ4v) is 4.31. The third kappa shape index (κ3) is 4.62. The Kier molecular flexibility index (Phi) is 6.13. The average molecular weight is 424 g/mol. The van der Waals surface area contributed by atoms with E-state index in [1.807, 2.05) is 0 Å². The van der Waals surface area contributed by atoms with Crippen molar-refractivity contribution in [3.05, 3.63) is 54.2 Å². The third-order valence-electron chi connectivity index (χ3n) is 6.26. The van der Waals surface area contributed by atoms with E-state index in [9.17, 15) is 4.79 Å². The molecule has 0 saturated carbocycles. The molecule has 0 saturated heterocycles. The molecule has 1 heterocycles. The Morgan fingerprint density at radius 3 is 2.47 bits per heavy atom. The lowest BCUT2D eigenvalue weighted by atomic mass is 9.99. The standard InChI is InChI=1S/C25H33NO3Si/c1-25(2,3)30(6,7)29-23-12-8-18(9-13-24(27)28-5)16-21(23)19-10-11-22-20(17-19)14-15-26(22)4/h8,10-12,14-17H,9,13H2,1-7H3. The largest absolute Gasteiger partial charge is 0.543 e. The van der Waals surface area contributed by atoms with E-state index in [1.54, 1.807) is 0 Å². The zero-order valence-corrected chi connectivity index (χ0v) is 20.2. The molecule has 0 unspecified atom stereocenters. The molecule has 5 heteroatoms. The van der Waals surface area contributed by atoms with E-state index in [4.69, 9.17) is 9.16 Å². The molecule has 0 N–H and O–H groups in total. The van der Waals surface area contributed by atoms with Crippen LogP contribution in [0.25, 0.3) is 22.0 Å². The lowest BCUT2D eigenvalue weighted by Crippen LogP contribution is -2.44. The molecule has 30 heavy (non-hydrogen) atoms. The number of rotatable bonds is 6. The molecule has 160 valence electrons. The number of carbonyl (C=O) groups excluding carboxylic acids is 1. The zero-order valence-electron chi connectivity index (χ0n) is 19.2. The van der Waals surface area contributed by atoms with Gasteiger partial charge in [0, 0.05) is 36.1 Å². The van der Waals surface area contributed by atoms with Crippen molar-refractivity contribution < 1.29 is 14.0 Å². The zero-order chi connectivity index (χ0) is 22.1. The molecule has 1 aromatic heterocycles. The van der Waals surface area contributed by atoms with Crippen molar-refractivity contribution >= 4 is 25.2 Å². The normalized spacial score (nSPS) is 12.2. The van der Waals surface area contributed by atoms with Gasteiger partial charge in [0.2, 0.25) is 0 Å². The first-order chi connectivity index (χ1) is 14.0. The van der Waals surface area contributed by atoms with Gasteiger partial charge in [-0.2, -0.15) is 0 Å². The third-order valence-corrected chi connectivity index (χ3v) is 10.6. The van der Waals surface area contributed by atoms with Crippen LogP contribution in [-0.2, 0) is 23.0 Å². The number of aromatic nitrogens is 1. The van der Waals surface area contributed by atoms with Gasteiger partial charge >= 0.3 is 5.97 Å². The van der Waals surface area contributed by atoms with E-state index in [0.717, 1.165) is 22.4 Å². The van der Waals surface area contributed by atoms with Gasteiger partial charge in [0.05, 0.1) is 7.11 Å². The summed E-state index contributed by atoms with van der Waals surface area (Å²) in [6.07, 6.45) is 3.10. The van der Waals surface area contributed by atoms with Crippen molar-refractivity contribution in [1.82, 2.24) is 4.57 Å². The molecule has 0 bridgehead atoms. The van der Waals surface area contributed by atoms with E-state index in [-0.39, 0.29) is 11.0 Å². The first-order valence-electron chi connectivity index (χ1n) is 10.5. The minimum Gasteiger partial charge on any atom is -0.543 e. The van der Waals surface area contributed by atoms with Crippen molar-refractivity contribution in [3.63, 3.8) is 0 Å². The summed E-state index contributed by atoms with van der Waals surface area (Å²) >= 11 is 0. The van der Waals surface area contributed by atoms with Crippen LogP contribution >= 0.6 is 0 Å². The van der Waals surface area contributed by atoms with Gasteiger partial charge in [0.1, 0.15) is 5.75 Å². The highest BCUT2D eigenvalue weighted by Gasteiger charge is 2.39. The van der Waals surface area contributed by atoms with Crippen LogP contribution in [0.5, 0.6) is 5.75 Å². The second-order valence-corrected chi connectivity index (χ2v) is 14.2. The number of hydrogen-bond donors (Lipinski definition) is 0. The molecule has 0 atom stereocenters. The highest BCUT2D eigenvalue weighted by Crippen LogP contribution is 2.41. The number of carbonyl (C=O) groups is 1. The number of esters is 1. The van der Waals surface area contributed by atoms with Gasteiger partial charge in [-0.3, -0.25) is 4.79 Å². The molecule has 0 aliphatic carbocycles. The second kappa shape index (κ2) is 8.30. The highest BCUT2D eigenvalue weighted by atomic mass is 28.4. The predicted molar refractivity (Wildman–Crippen MR) is 127 cm³/mol. The predicted octanol–water partition coefficient (Wildman–Crippen LogP) is 6.33. The van der Waals surface area contributed by atoms with Crippen LogP contribution in [-0.4, -0.2) is 26.0 Å². The maximum absolute atomic E-state index is 11.6. The van der Waals surface area contributed by atoms with Crippen LogP contribution in [0.1, 0.15) is 32.8 Å². The van der Waals surface area contributed by atoms with Crippen LogP contribution in [0.4, 0.5) is 0 Å². The number of aryl methyl sites for hydroxylation is 2. The van der Waals surface area contributed by atoms with Crippen molar-refractivity contribution in [1.29, 1.82) is 0 Å². The van der Waals surface area contributed by atoms with Crippen molar-refractivity contribution in [2.75, 3.05) is 7.11 Å². The summed E-state index contributed by atoms with van der Waals surface area (Å²) in [6.45, 7) is 11.3. The Bertz CT molecular complexity index is 1060. The Labute approximate surface area is 180 Å². The van der Waals surface area contributed by atoms with Crippen molar-refractivity contribution in [2.45, 2.75) is 51.7 Å². The van der Waals surface area contributed by atoms with Crippen LogP contribution in [0, 0.1) is 0 Å². The first kappa shape index (κ1) is 22.2. The molecule has 3 rings (SSSR count). The summed E-state index contributed by atoms with van der Waals surface area (Å²) in [6, 6.07) is 15.0. The monoisotopic (exact) mass is 423 g/mol. The average Bonchev–Trinajstić information content (AvgIpc) is 3.06. The summed E-state index contributed by atoms with van der Waals surface area (Å²) in [5, 5.41) is 1.31. The summed E-state index contributed by atoms with van der Waals surface area (Å²) in [4.78, 5) is 11.6. The number of ether oxygens (including phenoxy) is 1. The smallest absolute Gasteiger partial charge is 0.305 e. The minimum absolute atomic E-state index is 0.108. The number of fused-ring (bicyclic) bond motifs is 1. The molecule has 4 nitrogen and oxygen atoms in total. The van der Waals surface area contributed by atoms with Gasteiger partial charge in [-0.05, 0) is 66.0 Å². The second-order valence-electron chi connectivity index (χ2n) is 9.47. The molecule has 0 aliphatic rings. The first-order valence-corrected chi connectivity index (χ1v) is 13.4. The summed E-state index contributed by atoms with van der Waals surface area (Å²) in [5.74, 6) is 0.725. The number of hydrogen-bond acceptors (Lipinski definition) is 3. The Balaban J connectivity index is 2.05. The van der Waals surface area contributed by atoms with E-state index < -0.39 is 8.32 Å². The van der Waals surface area contributed by atoms with Gasteiger partial charge in [-0.1, -0.05) is 32.9 Å². The van der Waals surface area contributed by atoms with Gasteiger partial charge in [0.15, 0.2) is 0 Å². The molecular weight excluding hydrogens is 390 g/mol. The van der Waals surface area contributed by atoms with Crippen LogP contribution in [0.2, 0.25) is 18.1 Å². The van der Waals surface area contributed by atoms with E-state index >= 15 is 0 Å². The molecule has 0 aliphatic heterocycles. The Morgan fingerprint density at radius 1 is 1.07 bits per heavy atom. The highest BCUT2D eigenvalue weighted by molar-refractivity contribution is 6.74. The molecule has 0 fully saturated rings. The molecule has 0 radical (unpaired) electrons. The molecular formula is C25H33NO3Si. The number of benzene rings is 2. The SMILES string of the molecule is COC(=O)CCc1ccc(O[Si](C)(C)C(C)(C)C)c(-c2ccc3c(ccn3C)c2)c1. The Hall–Kier alpha value is -2.53. The van der Waals surface area contributed by atoms with Gasteiger partial charge < -0.3 is 13.7 Å². The topological polar surface area (TPSA) is 40.5 Å². The van der Waals surface area contributed by atoms with Crippen LogP contribution < -0.4 is 4.43 Å². The van der Waals surface area contributed by atoms with Crippen LogP contribution in [0.15, 0.2) is 48.7 Å². The molecule has 2 aromatic carbocycles. The van der Waals surface area contributed by atoms with Crippen LogP contribution in [0.3, 0.4) is 0 Å². The van der Waals surface area contributed by atoms with Gasteiger partial charge in [-0.15, -0.1) is 0 Å².